The number of hydrogen-bond donors (Lipinski definition) is 1. The lowest BCUT2D eigenvalue weighted by molar-refractivity contribution is 0.102. The van der Waals surface area contributed by atoms with Crippen molar-refractivity contribution in [3.63, 3.8) is 0 Å². The standard InChI is InChI=1S/C16H14N2O/c1-2-12-5-9-15(10-6-12)18-16(19)14-7-3-13(11-17)4-8-14/h3-10H,2H2,1H3,(H,18,19). The van der Waals surface area contributed by atoms with Crippen LogP contribution in [0.1, 0.15) is 28.4 Å². The summed E-state index contributed by atoms with van der Waals surface area (Å²) < 4.78 is 0. The molecule has 94 valence electrons. The smallest absolute Gasteiger partial charge is 0.255 e. The van der Waals surface area contributed by atoms with Crippen LogP contribution in [-0.2, 0) is 6.42 Å². The first-order valence-corrected chi connectivity index (χ1v) is 6.13. The van der Waals surface area contributed by atoms with Crippen molar-refractivity contribution >= 4 is 11.6 Å². The second kappa shape index (κ2) is 5.83. The fraction of sp³-hybridized carbons (Fsp3) is 0.125. The van der Waals surface area contributed by atoms with Crippen LogP contribution in [0.3, 0.4) is 0 Å². The van der Waals surface area contributed by atoms with Gasteiger partial charge in [0.2, 0.25) is 0 Å². The molecule has 3 nitrogen and oxygen atoms in total. The first-order chi connectivity index (χ1) is 9.22. The summed E-state index contributed by atoms with van der Waals surface area (Å²) >= 11 is 0. The summed E-state index contributed by atoms with van der Waals surface area (Å²) in [6, 6.07) is 16.4. The van der Waals surface area contributed by atoms with Crippen molar-refractivity contribution in [1.29, 1.82) is 5.26 Å². The number of carbonyl (C=O) groups is 1. The average molecular weight is 250 g/mol. The van der Waals surface area contributed by atoms with E-state index < -0.39 is 0 Å². The van der Waals surface area contributed by atoms with Crippen LogP contribution in [-0.4, -0.2) is 5.91 Å². The largest absolute Gasteiger partial charge is 0.322 e. The zero-order valence-electron chi connectivity index (χ0n) is 10.7. The van der Waals surface area contributed by atoms with Gasteiger partial charge >= 0.3 is 0 Å². The van der Waals surface area contributed by atoms with E-state index in [2.05, 4.69) is 12.2 Å². The zero-order chi connectivity index (χ0) is 13.7. The number of nitrogens with one attached hydrogen (secondary N) is 1. The van der Waals surface area contributed by atoms with E-state index in [1.54, 1.807) is 24.3 Å². The monoisotopic (exact) mass is 250 g/mol. The van der Waals surface area contributed by atoms with E-state index in [1.165, 1.54) is 5.56 Å². The predicted octanol–water partition coefficient (Wildman–Crippen LogP) is 3.37. The highest BCUT2D eigenvalue weighted by atomic mass is 16.1. The van der Waals surface area contributed by atoms with Gasteiger partial charge in [0, 0.05) is 11.3 Å². The van der Waals surface area contributed by atoms with Crippen LogP contribution < -0.4 is 5.32 Å². The van der Waals surface area contributed by atoms with E-state index in [1.807, 2.05) is 30.3 Å². The van der Waals surface area contributed by atoms with Gasteiger partial charge in [0.15, 0.2) is 0 Å². The number of carbonyl (C=O) groups excluding carboxylic acids is 1. The third kappa shape index (κ3) is 3.20. The Bertz CT molecular complexity index is 607. The Balaban J connectivity index is 2.09. The molecular formula is C16H14N2O. The number of nitrogens with zero attached hydrogens (tertiary/aromatic N) is 1. The molecule has 2 aromatic rings. The molecule has 0 saturated heterocycles. The molecule has 0 unspecified atom stereocenters. The highest BCUT2D eigenvalue weighted by Gasteiger charge is 2.05. The summed E-state index contributed by atoms with van der Waals surface area (Å²) in [4.78, 5) is 12.0. The van der Waals surface area contributed by atoms with Crippen LogP contribution >= 0.6 is 0 Å². The third-order valence-electron chi connectivity index (χ3n) is 2.90. The van der Waals surface area contributed by atoms with Crippen molar-refractivity contribution in [3.05, 3.63) is 65.2 Å². The predicted molar refractivity (Wildman–Crippen MR) is 74.9 cm³/mol. The molecule has 0 radical (unpaired) electrons. The van der Waals surface area contributed by atoms with Crippen LogP contribution in [0.2, 0.25) is 0 Å². The molecule has 0 aliphatic carbocycles. The van der Waals surface area contributed by atoms with Gasteiger partial charge in [0.1, 0.15) is 0 Å². The Morgan fingerprint density at radius 3 is 2.26 bits per heavy atom. The fourth-order valence-electron chi connectivity index (χ4n) is 1.72. The van der Waals surface area contributed by atoms with E-state index in [9.17, 15) is 4.79 Å². The van der Waals surface area contributed by atoms with Gasteiger partial charge in [-0.15, -0.1) is 0 Å². The van der Waals surface area contributed by atoms with Crippen molar-refractivity contribution in [2.24, 2.45) is 0 Å². The first-order valence-electron chi connectivity index (χ1n) is 6.13. The molecule has 0 fully saturated rings. The number of amides is 1. The highest BCUT2D eigenvalue weighted by molar-refractivity contribution is 6.04. The maximum atomic E-state index is 12.0. The fourth-order valence-corrected chi connectivity index (χ4v) is 1.72. The number of hydrogen-bond acceptors (Lipinski definition) is 2. The van der Waals surface area contributed by atoms with E-state index in [0.717, 1.165) is 12.1 Å². The van der Waals surface area contributed by atoms with Crippen molar-refractivity contribution in [1.82, 2.24) is 0 Å². The van der Waals surface area contributed by atoms with E-state index in [0.29, 0.717) is 11.1 Å². The molecule has 0 aliphatic rings. The molecule has 2 aromatic carbocycles. The Labute approximate surface area is 112 Å². The number of nitriles is 1. The summed E-state index contributed by atoms with van der Waals surface area (Å²) in [5.41, 5.74) is 3.09. The lowest BCUT2D eigenvalue weighted by atomic mass is 10.1. The summed E-state index contributed by atoms with van der Waals surface area (Å²) in [6.07, 6.45) is 0.976. The third-order valence-corrected chi connectivity index (χ3v) is 2.90. The molecular weight excluding hydrogens is 236 g/mol. The number of benzene rings is 2. The summed E-state index contributed by atoms with van der Waals surface area (Å²) in [5, 5.41) is 11.5. The summed E-state index contributed by atoms with van der Waals surface area (Å²) in [5.74, 6) is -0.172. The van der Waals surface area contributed by atoms with Crippen LogP contribution in [0.25, 0.3) is 0 Å². The van der Waals surface area contributed by atoms with Crippen LogP contribution in [0.15, 0.2) is 48.5 Å². The van der Waals surface area contributed by atoms with Gasteiger partial charge in [-0.2, -0.15) is 5.26 Å². The zero-order valence-corrected chi connectivity index (χ0v) is 10.7. The van der Waals surface area contributed by atoms with Crippen LogP contribution in [0.5, 0.6) is 0 Å². The summed E-state index contributed by atoms with van der Waals surface area (Å²) in [7, 11) is 0. The van der Waals surface area contributed by atoms with Crippen molar-refractivity contribution in [2.75, 3.05) is 5.32 Å². The van der Waals surface area contributed by atoms with Gasteiger partial charge in [-0.1, -0.05) is 19.1 Å². The first kappa shape index (κ1) is 12.8. The summed E-state index contributed by atoms with van der Waals surface area (Å²) in [6.45, 7) is 2.09. The minimum atomic E-state index is -0.172. The van der Waals surface area contributed by atoms with E-state index in [-0.39, 0.29) is 5.91 Å². The Morgan fingerprint density at radius 1 is 1.11 bits per heavy atom. The highest BCUT2D eigenvalue weighted by Crippen LogP contribution is 2.12. The van der Waals surface area contributed by atoms with Crippen LogP contribution in [0.4, 0.5) is 5.69 Å². The van der Waals surface area contributed by atoms with Crippen molar-refractivity contribution in [2.45, 2.75) is 13.3 Å². The molecule has 0 spiro atoms. The number of aryl methyl sites for hydroxylation is 1. The molecule has 2 rings (SSSR count). The molecule has 0 heterocycles. The van der Waals surface area contributed by atoms with Gasteiger partial charge in [-0.05, 0) is 48.4 Å². The Morgan fingerprint density at radius 2 is 1.74 bits per heavy atom. The van der Waals surface area contributed by atoms with Crippen molar-refractivity contribution in [3.8, 4) is 6.07 Å². The minimum absolute atomic E-state index is 0.172. The minimum Gasteiger partial charge on any atom is -0.322 e. The maximum Gasteiger partial charge on any atom is 0.255 e. The molecule has 0 bridgehead atoms. The molecule has 3 heteroatoms. The maximum absolute atomic E-state index is 12.0. The Kier molecular flexibility index (Phi) is 3.94. The molecule has 0 atom stereocenters. The molecule has 19 heavy (non-hydrogen) atoms. The molecule has 1 N–H and O–H groups in total. The lowest BCUT2D eigenvalue weighted by Crippen LogP contribution is -2.11. The van der Waals surface area contributed by atoms with Crippen molar-refractivity contribution < 1.29 is 4.79 Å². The number of anilines is 1. The van der Waals surface area contributed by atoms with E-state index in [4.69, 9.17) is 5.26 Å². The topological polar surface area (TPSA) is 52.9 Å². The van der Waals surface area contributed by atoms with Gasteiger partial charge in [-0.25, -0.2) is 0 Å². The second-order valence-electron chi connectivity index (χ2n) is 4.19. The second-order valence-corrected chi connectivity index (χ2v) is 4.19. The molecule has 0 saturated carbocycles. The van der Waals surface area contributed by atoms with E-state index >= 15 is 0 Å². The van der Waals surface area contributed by atoms with Crippen LogP contribution in [0, 0.1) is 11.3 Å². The molecule has 1 amide bonds. The normalized spacial score (nSPS) is 9.68. The SMILES string of the molecule is CCc1ccc(NC(=O)c2ccc(C#N)cc2)cc1. The molecule has 0 aromatic heterocycles. The van der Waals surface area contributed by atoms with Gasteiger partial charge < -0.3 is 5.32 Å². The van der Waals surface area contributed by atoms with Gasteiger partial charge in [0.25, 0.3) is 5.91 Å². The molecule has 0 aliphatic heterocycles. The van der Waals surface area contributed by atoms with Gasteiger partial charge in [0.05, 0.1) is 11.6 Å². The lowest BCUT2D eigenvalue weighted by Gasteiger charge is -2.06. The number of rotatable bonds is 3. The quantitative estimate of drug-likeness (QED) is 0.908. The Hall–Kier alpha value is -2.60. The van der Waals surface area contributed by atoms with Gasteiger partial charge in [-0.3, -0.25) is 4.79 Å². The average Bonchev–Trinajstić information content (AvgIpc) is 2.48.